The molecule has 1 fully saturated rings. The molecule has 2 aliphatic rings. The predicted octanol–water partition coefficient (Wildman–Crippen LogP) is 2.64. The van der Waals surface area contributed by atoms with Crippen molar-refractivity contribution in [2.75, 3.05) is 170 Å². The third-order valence-electron chi connectivity index (χ3n) is 9.79. The Kier molecular flexibility index (Phi) is 32.5. The highest BCUT2D eigenvalue weighted by atomic mass is 28.4. The number of hydrogen-bond donors (Lipinski definition) is 2. The molecule has 0 bridgehead atoms. The standard InChI is InChI=1S/C46H77N3O18Si/c1-68(2,3)67-37-36-66-35-34-65-33-32-64-31-30-63-29-28-62-27-26-61-25-24-60-23-22-59-21-20-58-19-18-57-17-16-56-15-14-55-13-6-4-5-10-41(50)47-39-9-7-8-38-43(39)46(54)49(45(38)53)40-11-12-42(51)48-44(40)52/h7-9,40H,4-6,10-37H2,1-3H3,(H,47,50)(H,48,51,52). The summed E-state index contributed by atoms with van der Waals surface area (Å²) in [4.78, 5) is 63.6. The van der Waals surface area contributed by atoms with Crippen LogP contribution >= 0.6 is 0 Å². The minimum atomic E-state index is -1.47. The Morgan fingerprint density at radius 2 is 0.941 bits per heavy atom. The van der Waals surface area contributed by atoms with Crippen LogP contribution in [0.4, 0.5) is 5.69 Å². The summed E-state index contributed by atoms with van der Waals surface area (Å²) in [7, 11) is -1.47. The van der Waals surface area contributed by atoms with E-state index in [-0.39, 0.29) is 42.0 Å². The molecule has 1 unspecified atom stereocenters. The number of carbonyl (C=O) groups is 5. The SMILES string of the molecule is C[Si](C)(C)OCCOCCOCCOCCOCCOCCOCCOCCOCCOCCOCCOCCOCCCCCC(=O)Nc1cccc2c1C(=O)N(C1CCC(=O)NC1=O)C2=O. The number of benzene rings is 1. The Hall–Kier alpha value is -3.33. The summed E-state index contributed by atoms with van der Waals surface area (Å²) in [5, 5.41) is 4.91. The first kappa shape index (κ1) is 59.0. The van der Waals surface area contributed by atoms with Crippen molar-refractivity contribution in [3.8, 4) is 0 Å². The summed E-state index contributed by atoms with van der Waals surface area (Å²) >= 11 is 0. The summed E-state index contributed by atoms with van der Waals surface area (Å²) in [6, 6.07) is 3.53. The molecule has 388 valence electrons. The molecule has 0 aliphatic carbocycles. The number of carbonyl (C=O) groups excluding carboxylic acids is 5. The van der Waals surface area contributed by atoms with Gasteiger partial charge in [-0.1, -0.05) is 12.5 Å². The zero-order valence-electron chi connectivity index (χ0n) is 40.5. The van der Waals surface area contributed by atoms with E-state index in [0.717, 1.165) is 17.7 Å². The van der Waals surface area contributed by atoms with Crippen molar-refractivity contribution in [1.29, 1.82) is 0 Å². The lowest BCUT2D eigenvalue weighted by Crippen LogP contribution is -2.54. The van der Waals surface area contributed by atoms with Crippen LogP contribution in [-0.2, 0) is 75.7 Å². The second-order valence-corrected chi connectivity index (χ2v) is 20.9. The van der Waals surface area contributed by atoms with Gasteiger partial charge in [0.2, 0.25) is 17.7 Å². The summed E-state index contributed by atoms with van der Waals surface area (Å²) in [5.74, 6) is -2.72. The molecule has 0 radical (unpaired) electrons. The van der Waals surface area contributed by atoms with Gasteiger partial charge >= 0.3 is 0 Å². The summed E-state index contributed by atoms with van der Waals surface area (Å²) in [6.45, 7) is 18.8. The van der Waals surface area contributed by atoms with E-state index in [1.807, 2.05) is 0 Å². The van der Waals surface area contributed by atoms with Crippen molar-refractivity contribution >= 4 is 43.5 Å². The van der Waals surface area contributed by atoms with Crippen LogP contribution < -0.4 is 10.6 Å². The minimum Gasteiger partial charge on any atom is -0.415 e. The van der Waals surface area contributed by atoms with Gasteiger partial charge in [-0.25, -0.2) is 0 Å². The molecular weight excluding hydrogens is 911 g/mol. The lowest BCUT2D eigenvalue weighted by molar-refractivity contribution is -0.136. The zero-order valence-corrected chi connectivity index (χ0v) is 41.5. The average molecular weight is 988 g/mol. The quantitative estimate of drug-likeness (QED) is 0.0543. The maximum absolute atomic E-state index is 13.2. The van der Waals surface area contributed by atoms with Crippen LogP contribution in [0.3, 0.4) is 0 Å². The van der Waals surface area contributed by atoms with Gasteiger partial charge in [0.05, 0.1) is 175 Å². The smallest absolute Gasteiger partial charge is 0.264 e. The normalized spacial score (nSPS) is 15.1. The average Bonchev–Trinajstić information content (AvgIpc) is 3.56. The fourth-order valence-electron chi connectivity index (χ4n) is 6.43. The van der Waals surface area contributed by atoms with Crippen molar-refractivity contribution in [3.05, 3.63) is 29.3 Å². The fraction of sp³-hybridized carbons (Fsp3) is 0.761. The molecule has 2 N–H and O–H groups in total. The van der Waals surface area contributed by atoms with Crippen molar-refractivity contribution < 1.29 is 85.2 Å². The first-order valence-electron chi connectivity index (χ1n) is 23.8. The van der Waals surface area contributed by atoms with Gasteiger partial charge in [0.25, 0.3) is 11.8 Å². The molecule has 1 saturated heterocycles. The number of amides is 5. The monoisotopic (exact) mass is 987 g/mol. The third-order valence-corrected chi connectivity index (χ3v) is 10.9. The predicted molar refractivity (Wildman–Crippen MR) is 249 cm³/mol. The van der Waals surface area contributed by atoms with E-state index < -0.39 is 38.0 Å². The van der Waals surface area contributed by atoms with E-state index in [2.05, 4.69) is 30.3 Å². The Bertz CT molecular complexity index is 1570. The molecule has 0 aromatic heterocycles. The zero-order chi connectivity index (χ0) is 48.9. The van der Waals surface area contributed by atoms with Crippen LogP contribution in [0, 0.1) is 0 Å². The Morgan fingerprint density at radius 3 is 1.34 bits per heavy atom. The van der Waals surface area contributed by atoms with Gasteiger partial charge < -0.3 is 66.6 Å². The minimum absolute atomic E-state index is 0.0262. The number of imide groups is 2. The maximum Gasteiger partial charge on any atom is 0.264 e. The van der Waals surface area contributed by atoms with E-state index in [1.165, 1.54) is 6.07 Å². The van der Waals surface area contributed by atoms with Crippen LogP contribution in [0.5, 0.6) is 0 Å². The van der Waals surface area contributed by atoms with Crippen molar-refractivity contribution in [1.82, 2.24) is 10.2 Å². The fourth-order valence-corrected chi connectivity index (χ4v) is 7.12. The molecule has 3 rings (SSSR count). The summed E-state index contributed by atoms with van der Waals surface area (Å²) in [5.41, 5.74) is 0.377. The molecule has 21 nitrogen and oxygen atoms in total. The highest BCUT2D eigenvalue weighted by Crippen LogP contribution is 2.32. The Morgan fingerprint density at radius 1 is 0.544 bits per heavy atom. The number of ether oxygens (including phenoxy) is 12. The van der Waals surface area contributed by atoms with Crippen molar-refractivity contribution in [2.45, 2.75) is 64.2 Å². The van der Waals surface area contributed by atoms with E-state index >= 15 is 0 Å². The number of unbranched alkanes of at least 4 members (excludes halogenated alkanes) is 2. The molecule has 2 heterocycles. The van der Waals surface area contributed by atoms with Crippen LogP contribution in [0.1, 0.15) is 59.2 Å². The van der Waals surface area contributed by atoms with Gasteiger partial charge in [0.15, 0.2) is 8.32 Å². The summed E-state index contributed by atoms with van der Waals surface area (Å²) in [6.07, 6.45) is 2.43. The van der Waals surface area contributed by atoms with Crippen LogP contribution in [0.25, 0.3) is 0 Å². The second kappa shape index (κ2) is 37.5. The van der Waals surface area contributed by atoms with E-state index in [1.54, 1.807) is 12.1 Å². The van der Waals surface area contributed by atoms with E-state index in [0.29, 0.717) is 172 Å². The highest BCUT2D eigenvalue weighted by Gasteiger charge is 2.45. The number of fused-ring (bicyclic) bond motifs is 1. The van der Waals surface area contributed by atoms with Gasteiger partial charge in [-0.05, 0) is 51.0 Å². The van der Waals surface area contributed by atoms with Gasteiger partial charge in [-0.3, -0.25) is 34.2 Å². The molecule has 1 aromatic carbocycles. The van der Waals surface area contributed by atoms with Gasteiger partial charge in [-0.2, -0.15) is 0 Å². The molecule has 2 aliphatic heterocycles. The molecule has 5 amide bonds. The molecule has 68 heavy (non-hydrogen) atoms. The third kappa shape index (κ3) is 27.2. The number of nitrogens with one attached hydrogen (secondary N) is 2. The first-order valence-corrected chi connectivity index (χ1v) is 27.2. The Balaban J connectivity index is 0.958. The van der Waals surface area contributed by atoms with Gasteiger partial charge in [-0.15, -0.1) is 0 Å². The second-order valence-electron chi connectivity index (χ2n) is 16.3. The molecule has 1 aromatic rings. The largest absolute Gasteiger partial charge is 0.415 e. The molecule has 22 heteroatoms. The number of rotatable bonds is 45. The molecular formula is C46H77N3O18Si. The van der Waals surface area contributed by atoms with E-state index in [9.17, 15) is 24.0 Å². The topological polar surface area (TPSA) is 233 Å². The maximum atomic E-state index is 13.2. The number of anilines is 1. The molecule has 0 saturated carbocycles. The van der Waals surface area contributed by atoms with E-state index in [4.69, 9.17) is 61.3 Å². The Labute approximate surface area is 402 Å². The summed E-state index contributed by atoms with van der Waals surface area (Å²) < 4.78 is 71.9. The van der Waals surface area contributed by atoms with Crippen molar-refractivity contribution in [2.24, 2.45) is 0 Å². The molecule has 0 spiro atoms. The van der Waals surface area contributed by atoms with Crippen molar-refractivity contribution in [3.63, 3.8) is 0 Å². The van der Waals surface area contributed by atoms with Crippen LogP contribution in [0.15, 0.2) is 18.2 Å². The van der Waals surface area contributed by atoms with Crippen LogP contribution in [0.2, 0.25) is 19.6 Å². The van der Waals surface area contributed by atoms with Gasteiger partial charge in [0.1, 0.15) is 6.04 Å². The number of nitrogens with zero attached hydrogens (tertiary/aromatic N) is 1. The van der Waals surface area contributed by atoms with Crippen LogP contribution in [-0.4, -0.2) is 214 Å². The lowest BCUT2D eigenvalue weighted by Gasteiger charge is -2.27. The first-order chi connectivity index (χ1) is 33.1. The molecule has 1 atom stereocenters. The highest BCUT2D eigenvalue weighted by molar-refractivity contribution is 6.69. The van der Waals surface area contributed by atoms with Gasteiger partial charge in [0, 0.05) is 19.4 Å². The number of piperidine rings is 1. The lowest BCUT2D eigenvalue weighted by atomic mass is 10.0. The number of hydrogen-bond acceptors (Lipinski definition) is 18.